The Morgan fingerprint density at radius 2 is 1.89 bits per heavy atom. The fourth-order valence-electron chi connectivity index (χ4n) is 2.77. The molecule has 106 valence electrons. The molecule has 0 amide bonds. The smallest absolute Gasteiger partial charge is 0.144 e. The van der Waals surface area contributed by atoms with Gasteiger partial charge in [-0.25, -0.2) is 0 Å². The van der Waals surface area contributed by atoms with E-state index in [4.69, 9.17) is 10.5 Å². The monoisotopic (exact) mass is 262 g/mol. The largest absolute Gasteiger partial charge is 0.489 e. The number of nitrogens with one attached hydrogen (secondary N) is 1. The number of anilines is 2. The fraction of sp³-hybridized carbons (Fsp3) is 0.625. The van der Waals surface area contributed by atoms with Gasteiger partial charge >= 0.3 is 0 Å². The third-order valence-corrected chi connectivity index (χ3v) is 3.78. The molecule has 0 saturated heterocycles. The molecule has 2 rings (SSSR count). The molecule has 1 aliphatic carbocycles. The zero-order valence-corrected chi connectivity index (χ0v) is 12.3. The van der Waals surface area contributed by atoms with Crippen molar-refractivity contribution in [1.82, 2.24) is 0 Å². The molecule has 0 aliphatic heterocycles. The molecule has 3 heteroatoms. The standard InChI is InChI=1S/C16H26N2O/c1-12(2)19-15-11-13(7-8-14(15)17)18-16(3)9-5-4-6-10-16/h7-8,11-12,18H,4-6,9-10,17H2,1-3H3. The molecule has 0 radical (unpaired) electrons. The van der Waals surface area contributed by atoms with Gasteiger partial charge < -0.3 is 15.8 Å². The van der Waals surface area contributed by atoms with E-state index in [9.17, 15) is 0 Å². The Morgan fingerprint density at radius 1 is 1.21 bits per heavy atom. The summed E-state index contributed by atoms with van der Waals surface area (Å²) < 4.78 is 5.74. The predicted octanol–water partition coefficient (Wildman–Crippen LogP) is 4.19. The molecule has 0 atom stereocenters. The van der Waals surface area contributed by atoms with E-state index in [2.05, 4.69) is 12.2 Å². The van der Waals surface area contributed by atoms with Crippen molar-refractivity contribution >= 4 is 11.4 Å². The molecule has 0 unspecified atom stereocenters. The van der Waals surface area contributed by atoms with Crippen LogP contribution in [0.5, 0.6) is 5.75 Å². The summed E-state index contributed by atoms with van der Waals surface area (Å²) in [7, 11) is 0. The minimum Gasteiger partial charge on any atom is -0.489 e. The van der Waals surface area contributed by atoms with E-state index in [1.54, 1.807) is 0 Å². The van der Waals surface area contributed by atoms with Crippen molar-refractivity contribution in [2.45, 2.75) is 64.5 Å². The van der Waals surface area contributed by atoms with Crippen LogP contribution in [0.3, 0.4) is 0 Å². The maximum atomic E-state index is 5.95. The maximum absolute atomic E-state index is 5.95. The molecule has 3 nitrogen and oxygen atoms in total. The molecule has 1 aliphatic rings. The first kappa shape index (κ1) is 14.0. The molecule has 19 heavy (non-hydrogen) atoms. The van der Waals surface area contributed by atoms with E-state index in [0.717, 1.165) is 11.4 Å². The molecular formula is C16H26N2O. The van der Waals surface area contributed by atoms with Crippen LogP contribution in [0.25, 0.3) is 0 Å². The SMILES string of the molecule is CC(C)Oc1cc(NC2(C)CCCCC2)ccc1N. The fourth-order valence-corrected chi connectivity index (χ4v) is 2.77. The van der Waals surface area contributed by atoms with Gasteiger partial charge in [0.1, 0.15) is 5.75 Å². The Morgan fingerprint density at radius 3 is 2.53 bits per heavy atom. The highest BCUT2D eigenvalue weighted by molar-refractivity contribution is 5.62. The van der Waals surface area contributed by atoms with Crippen molar-refractivity contribution < 1.29 is 4.74 Å². The van der Waals surface area contributed by atoms with E-state index in [-0.39, 0.29) is 11.6 Å². The molecule has 0 spiro atoms. The van der Waals surface area contributed by atoms with Crippen LogP contribution in [0, 0.1) is 0 Å². The van der Waals surface area contributed by atoms with Gasteiger partial charge in [0, 0.05) is 17.3 Å². The summed E-state index contributed by atoms with van der Waals surface area (Å²) in [5, 5.41) is 3.66. The zero-order chi connectivity index (χ0) is 13.9. The summed E-state index contributed by atoms with van der Waals surface area (Å²) in [5.41, 5.74) is 7.97. The Kier molecular flexibility index (Phi) is 4.23. The summed E-state index contributed by atoms with van der Waals surface area (Å²) >= 11 is 0. The van der Waals surface area contributed by atoms with Crippen LogP contribution in [0.15, 0.2) is 18.2 Å². The third-order valence-electron chi connectivity index (χ3n) is 3.78. The predicted molar refractivity (Wildman–Crippen MR) is 81.7 cm³/mol. The molecule has 1 saturated carbocycles. The molecule has 3 N–H and O–H groups in total. The second-order valence-corrected chi connectivity index (χ2v) is 6.17. The van der Waals surface area contributed by atoms with Gasteiger partial charge in [-0.1, -0.05) is 19.3 Å². The quantitative estimate of drug-likeness (QED) is 0.800. The van der Waals surface area contributed by atoms with Crippen molar-refractivity contribution in [1.29, 1.82) is 0 Å². The number of hydrogen-bond donors (Lipinski definition) is 2. The first-order valence-electron chi connectivity index (χ1n) is 7.33. The van der Waals surface area contributed by atoms with E-state index in [1.807, 2.05) is 32.0 Å². The molecular weight excluding hydrogens is 236 g/mol. The summed E-state index contributed by atoms with van der Waals surface area (Å²) in [6, 6.07) is 5.99. The van der Waals surface area contributed by atoms with E-state index in [0.29, 0.717) is 5.69 Å². The number of nitrogen functional groups attached to an aromatic ring is 1. The lowest BCUT2D eigenvalue weighted by Crippen LogP contribution is -2.36. The molecule has 1 aromatic carbocycles. The van der Waals surface area contributed by atoms with Gasteiger partial charge in [-0.15, -0.1) is 0 Å². The van der Waals surface area contributed by atoms with Crippen LogP contribution >= 0.6 is 0 Å². The first-order valence-corrected chi connectivity index (χ1v) is 7.33. The number of nitrogens with two attached hydrogens (primary N) is 1. The summed E-state index contributed by atoms with van der Waals surface area (Å²) in [5.74, 6) is 0.777. The highest BCUT2D eigenvalue weighted by atomic mass is 16.5. The second-order valence-electron chi connectivity index (χ2n) is 6.17. The van der Waals surface area contributed by atoms with Crippen molar-refractivity contribution in [3.05, 3.63) is 18.2 Å². The molecule has 1 fully saturated rings. The highest BCUT2D eigenvalue weighted by Gasteiger charge is 2.26. The Bertz CT molecular complexity index is 423. The van der Waals surface area contributed by atoms with Gasteiger partial charge in [-0.3, -0.25) is 0 Å². The summed E-state index contributed by atoms with van der Waals surface area (Å²) in [4.78, 5) is 0. The minimum absolute atomic E-state index is 0.141. The third kappa shape index (κ3) is 3.79. The van der Waals surface area contributed by atoms with Gasteiger partial charge in [0.05, 0.1) is 11.8 Å². The van der Waals surface area contributed by atoms with E-state index >= 15 is 0 Å². The summed E-state index contributed by atoms with van der Waals surface area (Å²) in [6.07, 6.45) is 6.60. The lowest BCUT2D eigenvalue weighted by molar-refractivity contribution is 0.244. The Labute approximate surface area is 116 Å². The van der Waals surface area contributed by atoms with Gasteiger partial charge in [-0.05, 0) is 45.7 Å². The van der Waals surface area contributed by atoms with Crippen LogP contribution in [-0.4, -0.2) is 11.6 Å². The average molecular weight is 262 g/mol. The van der Waals surface area contributed by atoms with Crippen molar-refractivity contribution in [3.8, 4) is 5.75 Å². The first-order chi connectivity index (χ1) is 8.98. The molecule has 0 aromatic heterocycles. The summed E-state index contributed by atoms with van der Waals surface area (Å²) in [6.45, 7) is 6.34. The molecule has 1 aromatic rings. The van der Waals surface area contributed by atoms with Crippen LogP contribution in [-0.2, 0) is 0 Å². The number of rotatable bonds is 4. The van der Waals surface area contributed by atoms with Crippen LogP contribution in [0.2, 0.25) is 0 Å². The molecule has 0 bridgehead atoms. The van der Waals surface area contributed by atoms with Gasteiger partial charge in [0.2, 0.25) is 0 Å². The maximum Gasteiger partial charge on any atom is 0.144 e. The van der Waals surface area contributed by atoms with Crippen molar-refractivity contribution in [2.75, 3.05) is 11.1 Å². The number of hydrogen-bond acceptors (Lipinski definition) is 3. The second kappa shape index (κ2) is 5.72. The zero-order valence-electron chi connectivity index (χ0n) is 12.3. The Balaban J connectivity index is 2.11. The Hall–Kier alpha value is -1.38. The van der Waals surface area contributed by atoms with Gasteiger partial charge in [-0.2, -0.15) is 0 Å². The normalized spacial score (nSPS) is 18.3. The average Bonchev–Trinajstić information content (AvgIpc) is 2.33. The van der Waals surface area contributed by atoms with Crippen LogP contribution in [0.4, 0.5) is 11.4 Å². The van der Waals surface area contributed by atoms with E-state index < -0.39 is 0 Å². The minimum atomic E-state index is 0.141. The van der Waals surface area contributed by atoms with Crippen LogP contribution in [0.1, 0.15) is 52.9 Å². The molecule has 0 heterocycles. The van der Waals surface area contributed by atoms with E-state index in [1.165, 1.54) is 32.1 Å². The lowest BCUT2D eigenvalue weighted by Gasteiger charge is -2.35. The number of ether oxygens (including phenoxy) is 1. The van der Waals surface area contributed by atoms with Crippen molar-refractivity contribution in [2.24, 2.45) is 0 Å². The van der Waals surface area contributed by atoms with Crippen LogP contribution < -0.4 is 15.8 Å². The lowest BCUT2D eigenvalue weighted by atomic mass is 9.83. The van der Waals surface area contributed by atoms with Gasteiger partial charge in [0.25, 0.3) is 0 Å². The number of benzene rings is 1. The highest BCUT2D eigenvalue weighted by Crippen LogP contribution is 2.33. The topological polar surface area (TPSA) is 47.3 Å². The van der Waals surface area contributed by atoms with Crippen molar-refractivity contribution in [3.63, 3.8) is 0 Å². The van der Waals surface area contributed by atoms with Gasteiger partial charge in [0.15, 0.2) is 0 Å².